The highest BCUT2D eigenvalue weighted by Crippen LogP contribution is 2.42. The van der Waals surface area contributed by atoms with Crippen LogP contribution in [0.25, 0.3) is 0 Å². The molecule has 0 aromatic carbocycles. The van der Waals surface area contributed by atoms with Crippen molar-refractivity contribution < 1.29 is 23.7 Å². The number of rotatable bonds is 5. The number of hydrogen-bond donors (Lipinski definition) is 1. The standard InChI is InChI=1S/C14H20N2O7/c1-14(2)22-10-8(6-20-7-19-3)21-12(11(10)23-14)16-5-4-9(17)15-13(16)18/h4-5,8,10-12H,6-7H2,1-3H3,(H,15,17,18)/t8-,10-,11-,12-/m1/s1. The van der Waals surface area contributed by atoms with E-state index in [0.29, 0.717) is 0 Å². The monoisotopic (exact) mass is 328 g/mol. The molecule has 3 heterocycles. The Morgan fingerprint density at radius 1 is 1.30 bits per heavy atom. The van der Waals surface area contributed by atoms with Gasteiger partial charge in [0, 0.05) is 19.4 Å². The van der Waals surface area contributed by atoms with Crippen molar-refractivity contribution in [1.82, 2.24) is 9.55 Å². The molecule has 0 aliphatic carbocycles. The molecular weight excluding hydrogens is 308 g/mol. The molecule has 2 fully saturated rings. The molecule has 23 heavy (non-hydrogen) atoms. The van der Waals surface area contributed by atoms with Crippen LogP contribution in [0.5, 0.6) is 0 Å². The van der Waals surface area contributed by atoms with Crippen LogP contribution >= 0.6 is 0 Å². The van der Waals surface area contributed by atoms with E-state index in [1.807, 2.05) is 0 Å². The van der Waals surface area contributed by atoms with E-state index in [2.05, 4.69) is 4.98 Å². The summed E-state index contributed by atoms with van der Waals surface area (Å²) in [7, 11) is 1.53. The van der Waals surface area contributed by atoms with Gasteiger partial charge in [0.2, 0.25) is 0 Å². The first-order chi connectivity index (χ1) is 10.9. The second-order valence-electron chi connectivity index (χ2n) is 5.92. The number of nitrogens with zero attached hydrogens (tertiary/aromatic N) is 1. The van der Waals surface area contributed by atoms with Crippen LogP contribution in [-0.4, -0.2) is 54.2 Å². The molecule has 4 atom stereocenters. The summed E-state index contributed by atoms with van der Waals surface area (Å²) >= 11 is 0. The summed E-state index contributed by atoms with van der Waals surface area (Å²) in [6.45, 7) is 3.96. The Bertz CT molecular complexity index is 668. The summed E-state index contributed by atoms with van der Waals surface area (Å²) in [6.07, 6.45) is -0.603. The van der Waals surface area contributed by atoms with E-state index in [0.717, 1.165) is 0 Å². The van der Waals surface area contributed by atoms with Crippen molar-refractivity contribution in [2.75, 3.05) is 20.5 Å². The van der Waals surface area contributed by atoms with Crippen LogP contribution in [0.15, 0.2) is 21.9 Å². The first-order valence-corrected chi connectivity index (χ1v) is 7.30. The van der Waals surface area contributed by atoms with Crippen LogP contribution < -0.4 is 11.2 Å². The molecule has 0 spiro atoms. The molecule has 1 aromatic heterocycles. The fraction of sp³-hybridized carbons (Fsp3) is 0.714. The van der Waals surface area contributed by atoms with Gasteiger partial charge in [0.15, 0.2) is 12.0 Å². The van der Waals surface area contributed by atoms with Crippen molar-refractivity contribution in [3.05, 3.63) is 33.1 Å². The highest BCUT2D eigenvalue weighted by molar-refractivity contribution is 4.98. The predicted octanol–water partition coefficient (Wildman–Crippen LogP) is -0.425. The quantitative estimate of drug-likeness (QED) is 0.578. The number of nitrogens with one attached hydrogen (secondary N) is 1. The van der Waals surface area contributed by atoms with Crippen molar-refractivity contribution in [1.29, 1.82) is 0 Å². The van der Waals surface area contributed by atoms with E-state index < -0.39 is 35.5 Å². The second-order valence-corrected chi connectivity index (χ2v) is 5.92. The van der Waals surface area contributed by atoms with E-state index in [-0.39, 0.29) is 19.5 Å². The lowest BCUT2D eigenvalue weighted by Gasteiger charge is -2.24. The van der Waals surface area contributed by atoms with Crippen LogP contribution in [0.1, 0.15) is 20.1 Å². The molecule has 1 aromatic rings. The zero-order chi connectivity index (χ0) is 16.6. The van der Waals surface area contributed by atoms with Crippen molar-refractivity contribution in [2.45, 2.75) is 44.2 Å². The normalized spacial score (nSPS) is 32.1. The number of aromatic nitrogens is 2. The lowest BCUT2D eigenvalue weighted by Crippen LogP contribution is -2.37. The fourth-order valence-electron chi connectivity index (χ4n) is 2.89. The van der Waals surface area contributed by atoms with Crippen LogP contribution in [-0.2, 0) is 23.7 Å². The first-order valence-electron chi connectivity index (χ1n) is 7.30. The Morgan fingerprint density at radius 3 is 2.74 bits per heavy atom. The Morgan fingerprint density at radius 2 is 2.04 bits per heavy atom. The summed E-state index contributed by atoms with van der Waals surface area (Å²) in [6, 6.07) is 1.26. The Labute approximate surface area is 132 Å². The molecule has 2 saturated heterocycles. The SMILES string of the molecule is COCOC[C@H]1O[C@@H](n2ccc(=O)[nH]c2=O)[C@@H]2OC(C)(C)O[C@@H]21. The number of ether oxygens (including phenoxy) is 5. The molecule has 3 rings (SSSR count). The van der Waals surface area contributed by atoms with Gasteiger partial charge in [0.1, 0.15) is 25.1 Å². The zero-order valence-corrected chi connectivity index (χ0v) is 13.2. The summed E-state index contributed by atoms with van der Waals surface area (Å²) in [4.78, 5) is 25.5. The van der Waals surface area contributed by atoms with Gasteiger partial charge in [-0.3, -0.25) is 14.3 Å². The summed E-state index contributed by atoms with van der Waals surface area (Å²) in [5.41, 5.74) is -1.03. The van der Waals surface area contributed by atoms with Gasteiger partial charge in [0.05, 0.1) is 6.61 Å². The summed E-state index contributed by atoms with van der Waals surface area (Å²) in [5.74, 6) is -0.789. The second kappa shape index (κ2) is 6.17. The number of aromatic amines is 1. The highest BCUT2D eigenvalue weighted by atomic mass is 16.8. The average Bonchev–Trinajstić information content (AvgIpc) is 2.94. The predicted molar refractivity (Wildman–Crippen MR) is 76.9 cm³/mol. The maximum absolute atomic E-state index is 12.0. The van der Waals surface area contributed by atoms with Gasteiger partial charge in [-0.05, 0) is 13.8 Å². The molecule has 2 aliphatic heterocycles. The molecule has 2 aliphatic rings. The molecule has 1 N–H and O–H groups in total. The minimum absolute atomic E-state index is 0.130. The maximum Gasteiger partial charge on any atom is 0.330 e. The van der Waals surface area contributed by atoms with Crippen LogP contribution in [0, 0.1) is 0 Å². The number of fused-ring (bicyclic) bond motifs is 1. The number of H-pyrrole nitrogens is 1. The lowest BCUT2D eigenvalue weighted by molar-refractivity contribution is -0.205. The third-order valence-corrected chi connectivity index (χ3v) is 3.73. The number of methoxy groups -OCH3 is 1. The van der Waals surface area contributed by atoms with E-state index in [1.165, 1.54) is 23.9 Å². The Kier molecular flexibility index (Phi) is 4.39. The van der Waals surface area contributed by atoms with Gasteiger partial charge in [-0.2, -0.15) is 0 Å². The van der Waals surface area contributed by atoms with Crippen molar-refractivity contribution in [3.63, 3.8) is 0 Å². The minimum atomic E-state index is -0.789. The van der Waals surface area contributed by atoms with Crippen LogP contribution in [0.3, 0.4) is 0 Å². The molecule has 0 saturated carbocycles. The van der Waals surface area contributed by atoms with E-state index >= 15 is 0 Å². The largest absolute Gasteiger partial charge is 0.359 e. The van der Waals surface area contributed by atoms with Gasteiger partial charge in [0.25, 0.3) is 5.56 Å². The molecule has 9 heteroatoms. The minimum Gasteiger partial charge on any atom is -0.359 e. The topological polar surface area (TPSA) is 101 Å². The van der Waals surface area contributed by atoms with Gasteiger partial charge in [-0.15, -0.1) is 0 Å². The van der Waals surface area contributed by atoms with Crippen LogP contribution in [0.4, 0.5) is 0 Å². The third-order valence-electron chi connectivity index (χ3n) is 3.73. The van der Waals surface area contributed by atoms with Gasteiger partial charge in [-0.25, -0.2) is 4.79 Å². The first kappa shape index (κ1) is 16.3. The third kappa shape index (κ3) is 3.24. The van der Waals surface area contributed by atoms with Crippen molar-refractivity contribution in [2.24, 2.45) is 0 Å². The summed E-state index contributed by atoms with van der Waals surface area (Å²) in [5, 5.41) is 0. The van der Waals surface area contributed by atoms with Gasteiger partial charge < -0.3 is 23.7 Å². The molecule has 0 amide bonds. The average molecular weight is 328 g/mol. The Hall–Kier alpha value is -1.52. The lowest BCUT2D eigenvalue weighted by atomic mass is 10.1. The molecule has 0 radical (unpaired) electrons. The molecule has 0 unspecified atom stereocenters. The fourth-order valence-corrected chi connectivity index (χ4v) is 2.89. The zero-order valence-electron chi connectivity index (χ0n) is 13.2. The van der Waals surface area contributed by atoms with Gasteiger partial charge in [-0.1, -0.05) is 0 Å². The molecular formula is C14H20N2O7. The summed E-state index contributed by atoms with van der Waals surface area (Å²) < 4.78 is 29.1. The molecule has 128 valence electrons. The maximum atomic E-state index is 12.0. The van der Waals surface area contributed by atoms with E-state index in [9.17, 15) is 9.59 Å². The molecule has 9 nitrogen and oxygen atoms in total. The molecule has 0 bridgehead atoms. The number of hydrogen-bond acceptors (Lipinski definition) is 7. The Balaban J connectivity index is 1.85. The van der Waals surface area contributed by atoms with E-state index in [4.69, 9.17) is 23.7 Å². The van der Waals surface area contributed by atoms with Crippen molar-refractivity contribution in [3.8, 4) is 0 Å². The van der Waals surface area contributed by atoms with Crippen LogP contribution in [0.2, 0.25) is 0 Å². The van der Waals surface area contributed by atoms with Crippen molar-refractivity contribution >= 4 is 0 Å². The smallest absolute Gasteiger partial charge is 0.330 e. The van der Waals surface area contributed by atoms with Gasteiger partial charge >= 0.3 is 5.69 Å². The highest BCUT2D eigenvalue weighted by Gasteiger charge is 2.56. The van der Waals surface area contributed by atoms with E-state index in [1.54, 1.807) is 13.8 Å².